The fourth-order valence-corrected chi connectivity index (χ4v) is 4.57. The SMILES string of the molecule is C=CCOc1ccc(Br)cc1/C=N/N1C(=O)C2C3C=CC(CC3)C2C1=O. The number of hydrogen-bond donors (Lipinski definition) is 0. The Hall–Kier alpha value is -2.21. The number of ether oxygens (including phenoxy) is 1. The van der Waals surface area contributed by atoms with E-state index in [1.165, 1.54) is 6.21 Å². The lowest BCUT2D eigenvalue weighted by atomic mass is 9.63. The van der Waals surface area contributed by atoms with Crippen LogP contribution in [-0.4, -0.2) is 29.6 Å². The second kappa shape index (κ2) is 6.83. The Morgan fingerprint density at radius 2 is 1.85 bits per heavy atom. The number of carbonyl (C=O) groups is 2. The van der Waals surface area contributed by atoms with Gasteiger partial charge in [-0.25, -0.2) is 0 Å². The molecule has 4 unspecified atom stereocenters. The molecule has 0 spiro atoms. The number of allylic oxidation sites excluding steroid dienone is 2. The molecule has 1 heterocycles. The molecule has 0 radical (unpaired) electrons. The number of carbonyl (C=O) groups excluding carboxylic acids is 2. The summed E-state index contributed by atoms with van der Waals surface area (Å²) in [6, 6.07) is 5.51. The van der Waals surface area contributed by atoms with E-state index in [0.29, 0.717) is 17.9 Å². The molecule has 3 aliphatic carbocycles. The van der Waals surface area contributed by atoms with Crippen molar-refractivity contribution in [3.8, 4) is 5.75 Å². The van der Waals surface area contributed by atoms with Crippen molar-refractivity contribution in [3.63, 3.8) is 0 Å². The van der Waals surface area contributed by atoms with E-state index in [-0.39, 0.29) is 35.5 Å². The van der Waals surface area contributed by atoms with Crippen LogP contribution in [0.4, 0.5) is 0 Å². The summed E-state index contributed by atoms with van der Waals surface area (Å²) in [4.78, 5) is 25.6. The van der Waals surface area contributed by atoms with Gasteiger partial charge in [0.15, 0.2) is 0 Å². The molecular formula is C20H19BrN2O3. The van der Waals surface area contributed by atoms with Gasteiger partial charge < -0.3 is 4.74 Å². The van der Waals surface area contributed by atoms with E-state index in [1.807, 2.05) is 18.2 Å². The first-order valence-corrected chi connectivity index (χ1v) is 9.53. The van der Waals surface area contributed by atoms with Crippen LogP contribution in [-0.2, 0) is 9.59 Å². The van der Waals surface area contributed by atoms with E-state index in [1.54, 1.807) is 6.08 Å². The van der Waals surface area contributed by atoms with Crippen LogP contribution >= 0.6 is 15.9 Å². The average Bonchev–Trinajstić information content (AvgIpc) is 2.93. The summed E-state index contributed by atoms with van der Waals surface area (Å²) in [5.74, 6) is 0.0932. The first-order valence-electron chi connectivity index (χ1n) is 8.73. The number of fused-ring (bicyclic) bond motifs is 1. The van der Waals surface area contributed by atoms with Crippen molar-refractivity contribution >= 4 is 34.0 Å². The van der Waals surface area contributed by atoms with Crippen molar-refractivity contribution < 1.29 is 14.3 Å². The molecule has 1 aliphatic heterocycles. The minimum Gasteiger partial charge on any atom is -0.489 e. The molecule has 4 aliphatic rings. The van der Waals surface area contributed by atoms with E-state index in [0.717, 1.165) is 22.3 Å². The lowest BCUT2D eigenvalue weighted by molar-refractivity contribution is -0.140. The summed E-state index contributed by atoms with van der Waals surface area (Å²) in [5.41, 5.74) is 0.692. The number of amides is 2. The van der Waals surface area contributed by atoms with Gasteiger partial charge in [0.2, 0.25) is 0 Å². The molecule has 2 amide bonds. The Morgan fingerprint density at radius 1 is 1.19 bits per heavy atom. The molecular weight excluding hydrogens is 396 g/mol. The Kier molecular flexibility index (Phi) is 4.53. The lowest BCUT2D eigenvalue weighted by Crippen LogP contribution is -2.38. The van der Waals surface area contributed by atoms with Gasteiger partial charge >= 0.3 is 0 Å². The topological polar surface area (TPSA) is 59.0 Å². The fourth-order valence-electron chi connectivity index (χ4n) is 4.19. The zero-order valence-electron chi connectivity index (χ0n) is 14.2. The van der Waals surface area contributed by atoms with Crippen molar-refractivity contribution in [1.82, 2.24) is 5.01 Å². The maximum Gasteiger partial charge on any atom is 0.254 e. The smallest absolute Gasteiger partial charge is 0.254 e. The van der Waals surface area contributed by atoms with Crippen LogP contribution in [0.3, 0.4) is 0 Å². The molecule has 4 atom stereocenters. The molecule has 1 aromatic carbocycles. The van der Waals surface area contributed by atoms with Gasteiger partial charge in [0.05, 0.1) is 18.1 Å². The largest absolute Gasteiger partial charge is 0.489 e. The molecule has 5 nitrogen and oxygen atoms in total. The van der Waals surface area contributed by atoms with Crippen molar-refractivity contribution in [1.29, 1.82) is 0 Å². The molecule has 0 aromatic heterocycles. The van der Waals surface area contributed by atoms with Crippen LogP contribution in [0.5, 0.6) is 5.75 Å². The number of halogens is 1. The summed E-state index contributed by atoms with van der Waals surface area (Å²) >= 11 is 3.42. The molecule has 1 saturated carbocycles. The Labute approximate surface area is 160 Å². The molecule has 5 rings (SSSR count). The van der Waals surface area contributed by atoms with Gasteiger partial charge in [-0.15, -0.1) is 0 Å². The highest BCUT2D eigenvalue weighted by molar-refractivity contribution is 9.10. The number of nitrogens with zero attached hydrogens (tertiary/aromatic N) is 2. The minimum absolute atomic E-state index is 0.166. The summed E-state index contributed by atoms with van der Waals surface area (Å²) in [6.45, 7) is 4.01. The Balaban J connectivity index is 1.60. The number of hydrazone groups is 1. The van der Waals surface area contributed by atoms with E-state index in [2.05, 4.69) is 39.8 Å². The lowest BCUT2D eigenvalue weighted by Gasteiger charge is -2.37. The Morgan fingerprint density at radius 3 is 2.42 bits per heavy atom. The van der Waals surface area contributed by atoms with Crippen LogP contribution in [0.15, 0.2) is 52.6 Å². The summed E-state index contributed by atoms with van der Waals surface area (Å²) < 4.78 is 6.48. The molecule has 2 bridgehead atoms. The van der Waals surface area contributed by atoms with Crippen LogP contribution in [0.2, 0.25) is 0 Å². The maximum atomic E-state index is 12.8. The van der Waals surface area contributed by atoms with E-state index in [4.69, 9.17) is 4.74 Å². The van der Waals surface area contributed by atoms with Crippen molar-refractivity contribution in [2.24, 2.45) is 28.8 Å². The molecule has 2 fully saturated rings. The summed E-state index contributed by atoms with van der Waals surface area (Å²) in [5, 5.41) is 5.30. The molecule has 1 saturated heterocycles. The standard InChI is InChI=1S/C20H19BrN2O3/c1-2-9-26-16-8-7-15(21)10-14(16)11-22-23-19(24)17-12-3-4-13(6-5-12)18(17)20(23)25/h2-4,7-8,10-13,17-18H,1,5-6,9H2/b22-11+. The number of imide groups is 1. The molecule has 1 aromatic rings. The van der Waals surface area contributed by atoms with Crippen molar-refractivity contribution in [2.45, 2.75) is 12.8 Å². The third-order valence-electron chi connectivity index (χ3n) is 5.38. The van der Waals surface area contributed by atoms with Crippen LogP contribution in [0.1, 0.15) is 18.4 Å². The molecule has 26 heavy (non-hydrogen) atoms. The van der Waals surface area contributed by atoms with Crippen LogP contribution in [0.25, 0.3) is 0 Å². The van der Waals surface area contributed by atoms with Gasteiger partial charge in [0.1, 0.15) is 12.4 Å². The number of benzene rings is 1. The van der Waals surface area contributed by atoms with Crippen molar-refractivity contribution in [2.75, 3.05) is 6.61 Å². The predicted octanol–water partition coefficient (Wildman–Crippen LogP) is 3.55. The molecule has 6 heteroatoms. The predicted molar refractivity (Wildman–Crippen MR) is 102 cm³/mol. The number of rotatable bonds is 5. The molecule has 0 N–H and O–H groups in total. The zero-order chi connectivity index (χ0) is 18.3. The highest BCUT2D eigenvalue weighted by Gasteiger charge is 2.56. The second-order valence-electron chi connectivity index (χ2n) is 6.86. The van der Waals surface area contributed by atoms with Crippen LogP contribution < -0.4 is 4.74 Å². The third kappa shape index (κ3) is 2.82. The number of hydrogen-bond acceptors (Lipinski definition) is 4. The average molecular weight is 415 g/mol. The highest BCUT2D eigenvalue weighted by atomic mass is 79.9. The minimum atomic E-state index is -0.248. The van der Waals surface area contributed by atoms with Gasteiger partial charge in [-0.05, 0) is 42.9 Å². The summed E-state index contributed by atoms with van der Waals surface area (Å²) in [7, 11) is 0. The van der Waals surface area contributed by atoms with Crippen molar-refractivity contribution in [3.05, 3.63) is 53.0 Å². The van der Waals surface area contributed by atoms with E-state index >= 15 is 0 Å². The van der Waals surface area contributed by atoms with Gasteiger partial charge in [0.25, 0.3) is 11.8 Å². The molecule has 134 valence electrons. The first-order chi connectivity index (χ1) is 12.6. The van der Waals surface area contributed by atoms with Crippen LogP contribution in [0, 0.1) is 23.7 Å². The quantitative estimate of drug-likeness (QED) is 0.420. The van der Waals surface area contributed by atoms with E-state index < -0.39 is 0 Å². The van der Waals surface area contributed by atoms with Gasteiger partial charge in [0, 0.05) is 10.0 Å². The first kappa shape index (κ1) is 17.2. The van der Waals surface area contributed by atoms with E-state index in [9.17, 15) is 9.59 Å². The van der Waals surface area contributed by atoms with Gasteiger partial charge in [-0.3, -0.25) is 9.59 Å². The maximum absolute atomic E-state index is 12.8. The fraction of sp³-hybridized carbons (Fsp3) is 0.350. The zero-order valence-corrected chi connectivity index (χ0v) is 15.8. The Bertz CT molecular complexity index is 800. The monoisotopic (exact) mass is 414 g/mol. The highest BCUT2D eigenvalue weighted by Crippen LogP contribution is 2.49. The van der Waals surface area contributed by atoms with Gasteiger partial charge in [-0.1, -0.05) is 40.7 Å². The normalized spacial score (nSPS) is 29.5. The third-order valence-corrected chi connectivity index (χ3v) is 5.87. The summed E-state index contributed by atoms with van der Waals surface area (Å²) in [6.07, 6.45) is 9.33. The second-order valence-corrected chi connectivity index (χ2v) is 7.77. The van der Waals surface area contributed by atoms with Gasteiger partial charge in [-0.2, -0.15) is 10.1 Å².